The van der Waals surface area contributed by atoms with Gasteiger partial charge in [0.15, 0.2) is 0 Å². The number of nitrogens with one attached hydrogen (secondary N) is 3. The molecule has 158 valence electrons. The number of aromatic nitrogens is 2. The summed E-state index contributed by atoms with van der Waals surface area (Å²) in [6.45, 7) is 3.93. The predicted octanol–water partition coefficient (Wildman–Crippen LogP) is 3.51. The average molecular weight is 433 g/mol. The quantitative estimate of drug-likeness (QED) is 0.471. The average Bonchev–Trinajstić information content (AvgIpc) is 2.66. The van der Waals surface area contributed by atoms with Crippen LogP contribution in [0.2, 0.25) is 0 Å². The van der Waals surface area contributed by atoms with Crippen molar-refractivity contribution in [2.75, 3.05) is 23.7 Å². The predicted molar refractivity (Wildman–Crippen MR) is 111 cm³/mol. The van der Waals surface area contributed by atoms with Crippen molar-refractivity contribution in [3.8, 4) is 0 Å². The second kappa shape index (κ2) is 9.14. The molecule has 0 aliphatic carbocycles. The first-order valence-corrected chi connectivity index (χ1v) is 10.6. The van der Waals surface area contributed by atoms with Gasteiger partial charge in [-0.25, -0.2) is 26.9 Å². The summed E-state index contributed by atoms with van der Waals surface area (Å²) in [5.41, 5.74) is 2.74. The van der Waals surface area contributed by atoms with Crippen LogP contribution in [0.25, 0.3) is 0 Å². The van der Waals surface area contributed by atoms with Gasteiger partial charge in [-0.05, 0) is 38.1 Å². The summed E-state index contributed by atoms with van der Waals surface area (Å²) in [7, 11) is -4.11. The van der Waals surface area contributed by atoms with Gasteiger partial charge in [-0.15, -0.1) is 0 Å². The molecule has 0 spiro atoms. The van der Waals surface area contributed by atoms with Crippen LogP contribution < -0.4 is 15.4 Å². The van der Waals surface area contributed by atoms with E-state index in [1.54, 1.807) is 6.07 Å². The molecule has 3 N–H and O–H groups in total. The summed E-state index contributed by atoms with van der Waals surface area (Å²) in [6, 6.07) is 11.9. The molecule has 0 amide bonds. The standard InChI is InChI=1S/C20H21F2N5O2S/c1-13-3-6-16(7-4-13)26-19-11-14(2)25-20(27-19)23-9-10-24-30(28,29)18-8-5-15(21)12-17(18)22/h3-8,11-12,24H,9-10H2,1-2H3,(H2,23,25,26,27). The molecule has 0 radical (unpaired) electrons. The van der Waals surface area contributed by atoms with Gasteiger partial charge in [0.25, 0.3) is 0 Å². The van der Waals surface area contributed by atoms with Crippen molar-refractivity contribution in [2.45, 2.75) is 18.7 Å². The normalized spacial score (nSPS) is 11.3. The second-order valence-corrected chi connectivity index (χ2v) is 8.34. The maximum Gasteiger partial charge on any atom is 0.243 e. The first kappa shape index (κ1) is 21.6. The summed E-state index contributed by atoms with van der Waals surface area (Å²) in [6.07, 6.45) is 0. The second-order valence-electron chi connectivity index (χ2n) is 6.61. The molecule has 7 nitrogen and oxygen atoms in total. The minimum atomic E-state index is -4.11. The third-order valence-corrected chi connectivity index (χ3v) is 5.56. The van der Waals surface area contributed by atoms with Crippen molar-refractivity contribution in [1.82, 2.24) is 14.7 Å². The van der Waals surface area contributed by atoms with Gasteiger partial charge < -0.3 is 10.6 Å². The lowest BCUT2D eigenvalue weighted by Crippen LogP contribution is -2.30. The highest BCUT2D eigenvalue weighted by Crippen LogP contribution is 2.17. The summed E-state index contributed by atoms with van der Waals surface area (Å²) in [5, 5.41) is 6.11. The van der Waals surface area contributed by atoms with E-state index >= 15 is 0 Å². The van der Waals surface area contributed by atoms with Crippen molar-refractivity contribution in [2.24, 2.45) is 0 Å². The number of hydrogen-bond acceptors (Lipinski definition) is 6. The Morgan fingerprint density at radius 2 is 1.67 bits per heavy atom. The smallest absolute Gasteiger partial charge is 0.243 e. The van der Waals surface area contributed by atoms with Gasteiger partial charge in [0.2, 0.25) is 16.0 Å². The number of aryl methyl sites for hydroxylation is 2. The van der Waals surface area contributed by atoms with Gasteiger partial charge in [0.1, 0.15) is 22.3 Å². The first-order chi connectivity index (χ1) is 14.2. The molecule has 0 unspecified atom stereocenters. The highest BCUT2D eigenvalue weighted by Gasteiger charge is 2.18. The molecule has 10 heteroatoms. The van der Waals surface area contributed by atoms with Crippen LogP contribution in [0.3, 0.4) is 0 Å². The van der Waals surface area contributed by atoms with E-state index in [1.807, 2.05) is 38.1 Å². The monoisotopic (exact) mass is 433 g/mol. The highest BCUT2D eigenvalue weighted by molar-refractivity contribution is 7.89. The first-order valence-electron chi connectivity index (χ1n) is 9.11. The van der Waals surface area contributed by atoms with Crippen LogP contribution in [-0.4, -0.2) is 31.5 Å². The minimum Gasteiger partial charge on any atom is -0.353 e. The van der Waals surface area contributed by atoms with Gasteiger partial charge in [-0.3, -0.25) is 0 Å². The fraction of sp³-hybridized carbons (Fsp3) is 0.200. The molecule has 30 heavy (non-hydrogen) atoms. The number of rotatable bonds is 8. The third kappa shape index (κ3) is 5.71. The molecule has 0 saturated heterocycles. The topological polar surface area (TPSA) is 96.0 Å². The van der Waals surface area contributed by atoms with Crippen molar-refractivity contribution < 1.29 is 17.2 Å². The summed E-state index contributed by atoms with van der Waals surface area (Å²) < 4.78 is 53.3. The third-order valence-electron chi connectivity index (χ3n) is 4.06. The Hall–Kier alpha value is -3.11. The molecule has 2 aromatic carbocycles. The number of nitrogens with zero attached hydrogens (tertiary/aromatic N) is 2. The van der Waals surface area contributed by atoms with E-state index < -0.39 is 26.6 Å². The number of anilines is 3. The molecule has 0 atom stereocenters. The molecule has 1 heterocycles. The van der Waals surface area contributed by atoms with E-state index in [4.69, 9.17) is 0 Å². The van der Waals surface area contributed by atoms with Crippen molar-refractivity contribution in [1.29, 1.82) is 0 Å². The Labute approximate surface area is 173 Å². The Balaban J connectivity index is 1.59. The van der Waals surface area contributed by atoms with Gasteiger partial charge in [0.05, 0.1) is 0 Å². The van der Waals surface area contributed by atoms with Crippen LogP contribution >= 0.6 is 0 Å². The molecule has 3 rings (SSSR count). The Morgan fingerprint density at radius 3 is 2.37 bits per heavy atom. The van der Waals surface area contributed by atoms with Crippen molar-refractivity contribution >= 4 is 27.5 Å². The largest absolute Gasteiger partial charge is 0.353 e. The molecular weight excluding hydrogens is 412 g/mol. The van der Waals surface area contributed by atoms with Crippen LogP contribution in [0.5, 0.6) is 0 Å². The van der Waals surface area contributed by atoms with E-state index in [1.165, 1.54) is 0 Å². The van der Waals surface area contributed by atoms with Gasteiger partial charge >= 0.3 is 0 Å². The molecule has 0 fully saturated rings. The fourth-order valence-electron chi connectivity index (χ4n) is 2.63. The summed E-state index contributed by atoms with van der Waals surface area (Å²) in [5.74, 6) is -1.09. The fourth-order valence-corrected chi connectivity index (χ4v) is 3.72. The van der Waals surface area contributed by atoms with Gasteiger partial charge in [-0.1, -0.05) is 17.7 Å². The molecule has 1 aromatic heterocycles. The van der Waals surface area contributed by atoms with Crippen molar-refractivity contribution in [3.63, 3.8) is 0 Å². The Bertz CT molecular complexity index is 1140. The highest BCUT2D eigenvalue weighted by atomic mass is 32.2. The van der Waals surface area contributed by atoms with Crippen LogP contribution in [0, 0.1) is 25.5 Å². The zero-order chi connectivity index (χ0) is 21.7. The van der Waals surface area contributed by atoms with Gasteiger partial charge in [0, 0.05) is 36.6 Å². The Kier molecular flexibility index (Phi) is 6.58. The van der Waals surface area contributed by atoms with E-state index in [9.17, 15) is 17.2 Å². The molecule has 0 aliphatic heterocycles. The molecule has 0 saturated carbocycles. The van der Waals surface area contributed by atoms with E-state index in [0.717, 1.165) is 29.1 Å². The van der Waals surface area contributed by atoms with Crippen LogP contribution in [0.1, 0.15) is 11.3 Å². The summed E-state index contributed by atoms with van der Waals surface area (Å²) >= 11 is 0. The van der Waals surface area contributed by atoms with Crippen LogP contribution in [0.4, 0.5) is 26.2 Å². The molecule has 0 aliphatic rings. The van der Waals surface area contributed by atoms with Crippen LogP contribution in [-0.2, 0) is 10.0 Å². The maximum absolute atomic E-state index is 13.7. The number of hydrogen-bond donors (Lipinski definition) is 3. The Morgan fingerprint density at radius 1 is 0.933 bits per heavy atom. The molecular formula is C20H21F2N5O2S. The van der Waals surface area contributed by atoms with Crippen LogP contribution in [0.15, 0.2) is 53.4 Å². The van der Waals surface area contributed by atoms with Crippen molar-refractivity contribution in [3.05, 3.63) is 71.4 Å². The number of benzene rings is 2. The zero-order valence-corrected chi connectivity index (χ0v) is 17.2. The zero-order valence-electron chi connectivity index (χ0n) is 16.4. The maximum atomic E-state index is 13.7. The summed E-state index contributed by atoms with van der Waals surface area (Å²) in [4.78, 5) is 8.01. The molecule has 0 bridgehead atoms. The molecule has 3 aromatic rings. The van der Waals surface area contributed by atoms with E-state index in [2.05, 4.69) is 25.3 Å². The van der Waals surface area contributed by atoms with Gasteiger partial charge in [-0.2, -0.15) is 4.98 Å². The minimum absolute atomic E-state index is 0.0445. The lowest BCUT2D eigenvalue weighted by molar-refractivity contribution is 0.543. The number of halogens is 2. The lowest BCUT2D eigenvalue weighted by atomic mass is 10.2. The number of sulfonamides is 1. The lowest BCUT2D eigenvalue weighted by Gasteiger charge is -2.11. The van der Waals surface area contributed by atoms with E-state index in [-0.39, 0.29) is 13.1 Å². The van der Waals surface area contributed by atoms with E-state index in [0.29, 0.717) is 17.8 Å². The SMILES string of the molecule is Cc1ccc(Nc2cc(C)nc(NCCNS(=O)(=O)c3ccc(F)cc3F)n2)cc1.